The minimum absolute atomic E-state index is 0.0169. The molecule has 1 saturated heterocycles. The van der Waals surface area contributed by atoms with Crippen molar-refractivity contribution in [1.82, 2.24) is 29.6 Å². The highest BCUT2D eigenvalue weighted by Gasteiger charge is 2.54. The molecule has 2 aromatic heterocycles. The first kappa shape index (κ1) is 31.7. The first-order valence-electron chi connectivity index (χ1n) is 12.2. The number of nitrogens with zero attached hydrogens (tertiary/aromatic N) is 6. The molecule has 3 heterocycles. The molecule has 0 aliphatic carbocycles. The van der Waals surface area contributed by atoms with Gasteiger partial charge in [-0.05, 0) is 24.3 Å². The van der Waals surface area contributed by atoms with Crippen LogP contribution in [0, 0.1) is 5.41 Å². The van der Waals surface area contributed by atoms with Crippen molar-refractivity contribution in [2.75, 3.05) is 12.3 Å². The third-order valence-corrected chi connectivity index (χ3v) is 7.56. The van der Waals surface area contributed by atoms with Gasteiger partial charge in [0.1, 0.15) is 36.0 Å². The molecule has 234 valence electrons. The summed E-state index contributed by atoms with van der Waals surface area (Å²) in [5.41, 5.74) is 16.6. The molecule has 1 fully saturated rings. The number of rotatable bonds is 14. The third-order valence-electron chi connectivity index (χ3n) is 5.94. The Morgan fingerprint density at radius 1 is 1.27 bits per heavy atom. The lowest BCUT2D eigenvalue weighted by Gasteiger charge is -2.43. The number of β-lactam (4-membered cyclic amide) rings is 1. The Morgan fingerprint density at radius 3 is 2.52 bits per heavy atom. The zero-order chi connectivity index (χ0) is 32.2. The monoisotopic (exact) mass is 651 g/mol. The van der Waals surface area contributed by atoms with E-state index in [1.54, 1.807) is 0 Å². The van der Waals surface area contributed by atoms with Crippen LogP contribution in [0.5, 0.6) is 5.75 Å². The molecule has 4 rings (SSSR count). The van der Waals surface area contributed by atoms with Crippen molar-refractivity contribution >= 4 is 56.1 Å². The fourth-order valence-electron chi connectivity index (χ4n) is 3.80. The maximum atomic E-state index is 13.3. The average Bonchev–Trinajstić information content (AvgIpc) is 3.61. The number of carboxylic acid groups (broad SMARTS) is 1. The second-order valence-corrected chi connectivity index (χ2v) is 11.1. The largest absolute Gasteiger partial charge is 0.489 e. The summed E-state index contributed by atoms with van der Waals surface area (Å²) in [5.74, 6) is -3.75. The van der Waals surface area contributed by atoms with E-state index in [0.717, 1.165) is 16.1 Å². The lowest BCUT2D eigenvalue weighted by Crippen LogP contribution is -2.73. The number of carbonyl (C=O) groups is 3. The molecule has 1 unspecified atom stereocenters. The van der Waals surface area contributed by atoms with E-state index in [9.17, 15) is 32.5 Å². The van der Waals surface area contributed by atoms with Gasteiger partial charge in [-0.1, -0.05) is 5.16 Å². The molecule has 0 saturated carbocycles. The average molecular weight is 652 g/mol. The molecular weight excluding hydrogens is 626 g/mol. The number of nitrogen functional groups attached to an aromatic ring is 2. The van der Waals surface area contributed by atoms with Crippen LogP contribution >= 0.6 is 11.3 Å². The maximum absolute atomic E-state index is 13.3. The number of hydrogen-bond donors (Lipinski definition) is 7. The summed E-state index contributed by atoms with van der Waals surface area (Å²) in [7, 11) is -5.03. The van der Waals surface area contributed by atoms with E-state index in [0.29, 0.717) is 11.3 Å². The van der Waals surface area contributed by atoms with E-state index in [1.807, 2.05) is 0 Å². The standard InChI is InChI=1S/C22H25N11O9S2/c23-5-11-6-27-32(30-11)7-14-17(20(35)33(14)44(38,39)40)29-19(34)16(13-9-43-22(26)28-13)31-42-15(21(36)37)8-41-12-3-1-10(2-4-12)18(24)25/h1-4,6,9,14-15,17H,5,7-8,23H2,(H3,24,25)(H2,26,28)(H,29,34)(H,36,37)(H,38,39,40)/t14-,15?,17-/m0/s1. The highest BCUT2D eigenvalue weighted by atomic mass is 32.2. The molecule has 10 N–H and O–H groups in total. The molecule has 0 bridgehead atoms. The zero-order valence-corrected chi connectivity index (χ0v) is 23.9. The van der Waals surface area contributed by atoms with Gasteiger partial charge < -0.3 is 37.2 Å². The van der Waals surface area contributed by atoms with Gasteiger partial charge in [0.15, 0.2) is 10.8 Å². The van der Waals surface area contributed by atoms with Crippen LogP contribution in [0.25, 0.3) is 0 Å². The topological polar surface area (TPSA) is 317 Å². The SMILES string of the molecule is N=C(N)c1ccc(OCC(ON=C(C(=O)N[C@@H]2C(=O)N(S(=O)(=O)O)[C@H]2Cn2ncc(CN)n2)c2csc(N)n2)C(=O)O)cc1. The van der Waals surface area contributed by atoms with Crippen LogP contribution < -0.4 is 27.3 Å². The van der Waals surface area contributed by atoms with Crippen molar-refractivity contribution < 1.29 is 42.0 Å². The van der Waals surface area contributed by atoms with Crippen LogP contribution in [0.15, 0.2) is 41.0 Å². The number of anilines is 1. The fraction of sp³-hybridized carbons (Fsp3) is 0.273. The molecule has 3 aromatic rings. The number of amides is 2. The summed E-state index contributed by atoms with van der Waals surface area (Å²) in [6, 6.07) is 2.99. The summed E-state index contributed by atoms with van der Waals surface area (Å²) in [4.78, 5) is 47.9. The Kier molecular flexibility index (Phi) is 9.37. The van der Waals surface area contributed by atoms with Crippen LogP contribution in [-0.2, 0) is 42.6 Å². The number of ether oxygens (including phenoxy) is 1. The molecule has 1 aromatic carbocycles. The zero-order valence-electron chi connectivity index (χ0n) is 22.3. The number of amidine groups is 1. The molecular formula is C22H25N11O9S2. The number of carboxylic acids is 1. The molecule has 2 amide bonds. The number of thiazole rings is 1. The number of nitrogens with one attached hydrogen (secondary N) is 2. The summed E-state index contributed by atoms with van der Waals surface area (Å²) in [6.45, 7) is -0.910. The van der Waals surface area contributed by atoms with Gasteiger partial charge in [-0.3, -0.25) is 19.6 Å². The summed E-state index contributed by atoms with van der Waals surface area (Å²) < 4.78 is 38.9. The van der Waals surface area contributed by atoms with Gasteiger partial charge in [0.05, 0.1) is 18.4 Å². The number of benzene rings is 1. The predicted octanol–water partition coefficient (Wildman–Crippen LogP) is -2.49. The highest BCUT2D eigenvalue weighted by molar-refractivity contribution is 7.84. The Bertz CT molecular complexity index is 1710. The Hall–Kier alpha value is -5.19. The Morgan fingerprint density at radius 2 is 1.98 bits per heavy atom. The van der Waals surface area contributed by atoms with Gasteiger partial charge in [0.25, 0.3) is 17.9 Å². The van der Waals surface area contributed by atoms with Crippen molar-refractivity contribution in [1.29, 1.82) is 5.41 Å². The van der Waals surface area contributed by atoms with Crippen LogP contribution in [0.4, 0.5) is 5.13 Å². The van der Waals surface area contributed by atoms with E-state index in [-0.39, 0.29) is 39.8 Å². The number of carbonyl (C=O) groups excluding carboxylic acids is 2. The van der Waals surface area contributed by atoms with E-state index in [2.05, 4.69) is 25.7 Å². The van der Waals surface area contributed by atoms with Gasteiger partial charge in [0, 0.05) is 17.5 Å². The van der Waals surface area contributed by atoms with E-state index in [1.165, 1.54) is 35.8 Å². The second-order valence-electron chi connectivity index (χ2n) is 8.92. The van der Waals surface area contributed by atoms with Crippen molar-refractivity contribution in [3.05, 3.63) is 52.8 Å². The van der Waals surface area contributed by atoms with Crippen molar-refractivity contribution in [3.8, 4) is 5.75 Å². The quantitative estimate of drug-likeness (QED) is 0.0312. The number of aliphatic carboxylic acids is 1. The van der Waals surface area contributed by atoms with Gasteiger partial charge >= 0.3 is 16.3 Å². The van der Waals surface area contributed by atoms with Crippen LogP contribution in [0.3, 0.4) is 0 Å². The molecule has 44 heavy (non-hydrogen) atoms. The Labute approximate surface area is 251 Å². The van der Waals surface area contributed by atoms with Crippen LogP contribution in [0.2, 0.25) is 0 Å². The second kappa shape index (κ2) is 13.0. The van der Waals surface area contributed by atoms with Gasteiger partial charge in [-0.2, -0.15) is 23.4 Å². The summed E-state index contributed by atoms with van der Waals surface area (Å²) in [6.07, 6.45) is -0.429. The third kappa shape index (κ3) is 7.23. The minimum atomic E-state index is -5.03. The number of oxime groups is 1. The molecule has 22 heteroatoms. The van der Waals surface area contributed by atoms with E-state index in [4.69, 9.17) is 32.2 Å². The van der Waals surface area contributed by atoms with Crippen molar-refractivity contribution in [2.24, 2.45) is 16.6 Å². The number of nitrogens with two attached hydrogens (primary N) is 3. The molecule has 0 radical (unpaired) electrons. The highest BCUT2D eigenvalue weighted by Crippen LogP contribution is 2.25. The van der Waals surface area contributed by atoms with Crippen molar-refractivity contribution in [3.63, 3.8) is 0 Å². The summed E-state index contributed by atoms with van der Waals surface area (Å²) in [5, 5.41) is 32.3. The smallest absolute Gasteiger partial charge is 0.362 e. The van der Waals surface area contributed by atoms with Gasteiger partial charge in [0.2, 0.25) is 0 Å². The molecule has 1 aliphatic rings. The first-order chi connectivity index (χ1) is 20.8. The number of aromatic nitrogens is 4. The molecule has 0 spiro atoms. The minimum Gasteiger partial charge on any atom is -0.489 e. The Balaban J connectivity index is 1.53. The molecule has 3 atom stereocenters. The van der Waals surface area contributed by atoms with Crippen molar-refractivity contribution in [2.45, 2.75) is 31.3 Å². The predicted molar refractivity (Wildman–Crippen MR) is 151 cm³/mol. The van der Waals surface area contributed by atoms with Gasteiger partial charge in [-0.15, -0.1) is 11.3 Å². The van der Waals surface area contributed by atoms with E-state index >= 15 is 0 Å². The number of hydrogen-bond acceptors (Lipinski definition) is 15. The van der Waals surface area contributed by atoms with Gasteiger partial charge in [-0.25, -0.2) is 14.1 Å². The maximum Gasteiger partial charge on any atom is 0.362 e. The normalized spacial score (nSPS) is 17.5. The first-order valence-corrected chi connectivity index (χ1v) is 14.5. The molecule has 1 aliphatic heterocycles. The molecule has 20 nitrogen and oxygen atoms in total. The summed E-state index contributed by atoms with van der Waals surface area (Å²) >= 11 is 0.919. The van der Waals surface area contributed by atoms with Crippen LogP contribution in [-0.4, -0.2) is 96.5 Å². The fourth-order valence-corrected chi connectivity index (χ4v) is 5.22. The van der Waals surface area contributed by atoms with E-state index < -0.39 is 58.6 Å². The van der Waals surface area contributed by atoms with Crippen LogP contribution in [0.1, 0.15) is 17.0 Å². The lowest BCUT2D eigenvalue weighted by atomic mass is 9.98. The lowest BCUT2D eigenvalue weighted by molar-refractivity contribution is -0.152.